The van der Waals surface area contributed by atoms with Crippen LogP contribution in [0.1, 0.15) is 23.4 Å². The molecule has 1 atom stereocenters. The van der Waals surface area contributed by atoms with E-state index in [2.05, 4.69) is 59.9 Å². The number of thiazole rings is 1. The van der Waals surface area contributed by atoms with Gasteiger partial charge in [0.25, 0.3) is 0 Å². The fourth-order valence-corrected chi connectivity index (χ4v) is 3.82. The van der Waals surface area contributed by atoms with Gasteiger partial charge in [-0.3, -0.25) is 0 Å². The van der Waals surface area contributed by atoms with Gasteiger partial charge >= 0.3 is 0 Å². The number of aromatic nitrogens is 1. The van der Waals surface area contributed by atoms with Gasteiger partial charge < -0.3 is 5.32 Å². The van der Waals surface area contributed by atoms with Crippen LogP contribution in [0, 0.1) is 6.92 Å². The highest BCUT2D eigenvalue weighted by atomic mass is 32.1. The van der Waals surface area contributed by atoms with Gasteiger partial charge in [0.05, 0.1) is 6.04 Å². The molecule has 0 aliphatic carbocycles. The molecule has 2 nitrogen and oxygen atoms in total. The summed E-state index contributed by atoms with van der Waals surface area (Å²) in [5.74, 6) is 0. The van der Waals surface area contributed by atoms with Gasteiger partial charge in [0.1, 0.15) is 5.01 Å². The summed E-state index contributed by atoms with van der Waals surface area (Å²) in [6.45, 7) is 4.37. The molecule has 0 amide bonds. The molecule has 20 heavy (non-hydrogen) atoms. The van der Waals surface area contributed by atoms with Crippen molar-refractivity contribution in [3.05, 3.63) is 57.7 Å². The highest BCUT2D eigenvalue weighted by Gasteiger charge is 2.10. The smallest absolute Gasteiger partial charge is 0.123 e. The predicted octanol–water partition coefficient (Wildman–Crippen LogP) is 5.35. The molecule has 0 fully saturated rings. The lowest BCUT2D eigenvalue weighted by molar-refractivity contribution is 0.899. The summed E-state index contributed by atoms with van der Waals surface area (Å²) in [6, 6.07) is 10.9. The van der Waals surface area contributed by atoms with E-state index in [1.165, 1.54) is 16.0 Å². The number of thiophene rings is 1. The molecule has 1 unspecified atom stereocenters. The zero-order valence-corrected chi connectivity index (χ0v) is 13.1. The predicted molar refractivity (Wildman–Crippen MR) is 88.6 cm³/mol. The van der Waals surface area contributed by atoms with Crippen molar-refractivity contribution in [3.63, 3.8) is 0 Å². The SMILES string of the molecule is Cc1ccsc1C(C)Nc1cccc(-c2nccs2)c1. The molecule has 3 aromatic rings. The van der Waals surface area contributed by atoms with Crippen molar-refractivity contribution in [2.45, 2.75) is 19.9 Å². The first-order chi connectivity index (χ1) is 9.74. The molecule has 0 saturated carbocycles. The van der Waals surface area contributed by atoms with Gasteiger partial charge in [-0.05, 0) is 43.0 Å². The van der Waals surface area contributed by atoms with Crippen molar-refractivity contribution < 1.29 is 0 Å². The highest BCUT2D eigenvalue weighted by Crippen LogP contribution is 2.29. The fourth-order valence-electron chi connectivity index (χ4n) is 2.25. The van der Waals surface area contributed by atoms with E-state index in [-0.39, 0.29) is 0 Å². The van der Waals surface area contributed by atoms with E-state index >= 15 is 0 Å². The third-order valence-electron chi connectivity index (χ3n) is 3.22. The molecule has 0 saturated heterocycles. The highest BCUT2D eigenvalue weighted by molar-refractivity contribution is 7.13. The second-order valence-electron chi connectivity index (χ2n) is 4.75. The van der Waals surface area contributed by atoms with Crippen molar-refractivity contribution in [1.29, 1.82) is 0 Å². The van der Waals surface area contributed by atoms with Crippen molar-refractivity contribution in [2.75, 3.05) is 5.32 Å². The van der Waals surface area contributed by atoms with E-state index in [0.717, 1.165) is 10.7 Å². The van der Waals surface area contributed by atoms with Crippen LogP contribution in [0.5, 0.6) is 0 Å². The average molecular weight is 300 g/mol. The Morgan fingerprint density at radius 1 is 1.15 bits per heavy atom. The number of hydrogen-bond donors (Lipinski definition) is 1. The third kappa shape index (κ3) is 2.76. The summed E-state index contributed by atoms with van der Waals surface area (Å²) in [5.41, 5.74) is 3.66. The van der Waals surface area contributed by atoms with Gasteiger partial charge in [-0.25, -0.2) is 4.98 Å². The van der Waals surface area contributed by atoms with Gasteiger partial charge in [0, 0.05) is 27.7 Å². The van der Waals surface area contributed by atoms with Gasteiger partial charge in [-0.15, -0.1) is 22.7 Å². The second kappa shape index (κ2) is 5.77. The quantitative estimate of drug-likeness (QED) is 0.702. The Morgan fingerprint density at radius 3 is 2.75 bits per heavy atom. The molecule has 102 valence electrons. The third-order valence-corrected chi connectivity index (χ3v) is 5.24. The molecule has 4 heteroatoms. The lowest BCUT2D eigenvalue weighted by atomic mass is 10.1. The largest absolute Gasteiger partial charge is 0.378 e. The summed E-state index contributed by atoms with van der Waals surface area (Å²) in [7, 11) is 0. The van der Waals surface area contributed by atoms with E-state index in [9.17, 15) is 0 Å². The molecule has 2 aromatic heterocycles. The van der Waals surface area contributed by atoms with Crippen molar-refractivity contribution in [2.24, 2.45) is 0 Å². The van der Waals surface area contributed by atoms with E-state index in [0.29, 0.717) is 6.04 Å². The fraction of sp³-hybridized carbons (Fsp3) is 0.188. The van der Waals surface area contributed by atoms with Crippen LogP contribution in [0.15, 0.2) is 47.3 Å². The summed E-state index contributed by atoms with van der Waals surface area (Å²) in [5, 5.41) is 8.79. The molecule has 0 spiro atoms. The van der Waals surface area contributed by atoms with E-state index in [1.807, 2.05) is 11.6 Å². The minimum absolute atomic E-state index is 0.321. The monoisotopic (exact) mass is 300 g/mol. The number of aryl methyl sites for hydroxylation is 1. The van der Waals surface area contributed by atoms with Crippen LogP contribution in [0.2, 0.25) is 0 Å². The molecule has 0 aliphatic heterocycles. The molecule has 2 heterocycles. The Morgan fingerprint density at radius 2 is 2.05 bits per heavy atom. The van der Waals surface area contributed by atoms with Crippen LogP contribution in [0.4, 0.5) is 5.69 Å². The Bertz CT molecular complexity index is 686. The van der Waals surface area contributed by atoms with Crippen LogP contribution in [0.3, 0.4) is 0 Å². The molecular weight excluding hydrogens is 284 g/mol. The number of anilines is 1. The molecule has 0 radical (unpaired) electrons. The zero-order valence-electron chi connectivity index (χ0n) is 11.5. The van der Waals surface area contributed by atoms with Crippen LogP contribution >= 0.6 is 22.7 Å². The summed E-state index contributed by atoms with van der Waals surface area (Å²) in [4.78, 5) is 5.76. The van der Waals surface area contributed by atoms with E-state index in [4.69, 9.17) is 0 Å². The lowest BCUT2D eigenvalue weighted by Crippen LogP contribution is -2.05. The molecule has 1 N–H and O–H groups in total. The first-order valence-corrected chi connectivity index (χ1v) is 8.30. The maximum atomic E-state index is 4.36. The number of nitrogens with one attached hydrogen (secondary N) is 1. The van der Waals surface area contributed by atoms with E-state index in [1.54, 1.807) is 22.7 Å². The van der Waals surface area contributed by atoms with E-state index < -0.39 is 0 Å². The first kappa shape index (κ1) is 13.3. The average Bonchev–Trinajstić information content (AvgIpc) is 3.09. The van der Waals surface area contributed by atoms with Gasteiger partial charge in [0.15, 0.2) is 0 Å². The van der Waals surface area contributed by atoms with Crippen LogP contribution in [0.25, 0.3) is 10.6 Å². The Hall–Kier alpha value is -1.65. The minimum Gasteiger partial charge on any atom is -0.378 e. The normalized spacial score (nSPS) is 12.3. The molecular formula is C16H16N2S2. The van der Waals surface area contributed by atoms with Crippen LogP contribution in [-0.4, -0.2) is 4.98 Å². The Balaban J connectivity index is 1.81. The lowest BCUT2D eigenvalue weighted by Gasteiger charge is -2.15. The van der Waals surface area contributed by atoms with Crippen LogP contribution < -0.4 is 5.32 Å². The van der Waals surface area contributed by atoms with Crippen molar-refractivity contribution >= 4 is 28.4 Å². The number of hydrogen-bond acceptors (Lipinski definition) is 4. The molecule has 0 aliphatic rings. The Labute approximate surface area is 127 Å². The molecule has 3 rings (SSSR count). The number of rotatable bonds is 4. The van der Waals surface area contributed by atoms with Gasteiger partial charge in [0.2, 0.25) is 0 Å². The van der Waals surface area contributed by atoms with Crippen molar-refractivity contribution in [1.82, 2.24) is 4.98 Å². The van der Waals surface area contributed by atoms with Gasteiger partial charge in [-0.1, -0.05) is 12.1 Å². The minimum atomic E-state index is 0.321. The maximum absolute atomic E-state index is 4.36. The number of nitrogens with zero attached hydrogens (tertiary/aromatic N) is 1. The zero-order chi connectivity index (χ0) is 13.9. The maximum Gasteiger partial charge on any atom is 0.123 e. The summed E-state index contributed by atoms with van der Waals surface area (Å²) < 4.78 is 0. The Kier molecular flexibility index (Phi) is 3.85. The molecule has 1 aromatic carbocycles. The standard InChI is InChI=1S/C16H16N2S2/c1-11-6-8-19-15(11)12(2)18-14-5-3-4-13(10-14)16-17-7-9-20-16/h3-10,12,18H,1-2H3. The molecule has 0 bridgehead atoms. The number of benzene rings is 1. The second-order valence-corrected chi connectivity index (χ2v) is 6.59. The summed E-state index contributed by atoms with van der Waals surface area (Å²) in [6.07, 6.45) is 1.84. The summed E-state index contributed by atoms with van der Waals surface area (Å²) >= 11 is 3.47. The van der Waals surface area contributed by atoms with Gasteiger partial charge in [-0.2, -0.15) is 0 Å². The first-order valence-electron chi connectivity index (χ1n) is 6.54. The van der Waals surface area contributed by atoms with Crippen molar-refractivity contribution in [3.8, 4) is 10.6 Å². The van der Waals surface area contributed by atoms with Crippen LogP contribution in [-0.2, 0) is 0 Å². The topological polar surface area (TPSA) is 24.9 Å².